The molecule has 3 aliphatic heterocycles. The number of H-pyrrole nitrogens is 1. The predicted octanol–water partition coefficient (Wildman–Crippen LogP) is 4.74. The minimum absolute atomic E-state index is 0.142. The molecule has 2 N–H and O–H groups in total. The molecule has 0 aliphatic carbocycles. The summed E-state index contributed by atoms with van der Waals surface area (Å²) in [5.41, 5.74) is 3.52. The van der Waals surface area contributed by atoms with Gasteiger partial charge in [-0.05, 0) is 29.7 Å². The molecule has 0 radical (unpaired) electrons. The lowest BCUT2D eigenvalue weighted by molar-refractivity contribution is -0.135. The molecule has 1 saturated heterocycles. The average molecular weight is 655 g/mol. The van der Waals surface area contributed by atoms with Crippen LogP contribution in [0.2, 0.25) is 0 Å². The maximum absolute atomic E-state index is 13.9. The number of halogens is 1. The molecule has 3 aliphatic rings. The number of aromatic amines is 1. The second-order valence-electron chi connectivity index (χ2n) is 11.1. The van der Waals surface area contributed by atoms with E-state index >= 15 is 0 Å². The molecule has 0 spiro atoms. The van der Waals surface area contributed by atoms with Crippen LogP contribution in [0.5, 0.6) is 11.5 Å². The van der Waals surface area contributed by atoms with Crippen LogP contribution < -0.4 is 14.8 Å². The summed E-state index contributed by atoms with van der Waals surface area (Å²) in [5, 5.41) is 2.66. The fraction of sp³-hybridized carbons (Fsp3) is 0.400. The van der Waals surface area contributed by atoms with Gasteiger partial charge in [-0.15, -0.1) is 0 Å². The van der Waals surface area contributed by atoms with Gasteiger partial charge in [0.1, 0.15) is 18.0 Å². The summed E-state index contributed by atoms with van der Waals surface area (Å²) in [5.74, 6) is 1.36. The Bertz CT molecular complexity index is 1540. The standard InChI is InChI=1S/C30H32BrN5O7/c1-16(2)25(34-29(38)40-3)28(37)36-13-20(10-23(36)27-32-11-22(33-27)17-4-7-19(31)8-5-17)43-30(39)35-12-18-6-9-24-26(21(18)14-35)42-15-41-24/h4-9,11,16,20,23,25H,10,12-15H2,1-3H3,(H,32,33)(H,34,38)/t20-,23+,25?/m1/s1. The number of amides is 3. The number of rotatable bonds is 6. The lowest BCUT2D eigenvalue weighted by atomic mass is 10.0. The molecule has 3 atom stereocenters. The Balaban J connectivity index is 1.22. The van der Waals surface area contributed by atoms with Crippen molar-refractivity contribution in [2.45, 2.75) is 51.5 Å². The number of nitrogens with zero attached hydrogens (tertiary/aromatic N) is 3. The molecule has 6 rings (SSSR count). The van der Waals surface area contributed by atoms with Crippen molar-refractivity contribution in [3.05, 3.63) is 64.0 Å². The van der Waals surface area contributed by atoms with Crippen LogP contribution in [0, 0.1) is 5.92 Å². The van der Waals surface area contributed by atoms with E-state index in [9.17, 15) is 14.4 Å². The van der Waals surface area contributed by atoms with E-state index in [-0.39, 0.29) is 25.2 Å². The summed E-state index contributed by atoms with van der Waals surface area (Å²) < 4.78 is 22.8. The van der Waals surface area contributed by atoms with Crippen molar-refractivity contribution in [1.29, 1.82) is 0 Å². The largest absolute Gasteiger partial charge is 0.454 e. The number of ether oxygens (including phenoxy) is 4. The lowest BCUT2D eigenvalue weighted by Crippen LogP contribution is -2.51. The molecule has 0 saturated carbocycles. The van der Waals surface area contributed by atoms with Crippen molar-refractivity contribution in [2.24, 2.45) is 5.92 Å². The molecule has 13 heteroatoms. The van der Waals surface area contributed by atoms with Crippen LogP contribution in [-0.4, -0.2) is 70.5 Å². The topological polar surface area (TPSA) is 135 Å². The van der Waals surface area contributed by atoms with Gasteiger partial charge in [-0.3, -0.25) is 9.69 Å². The molecule has 1 fully saturated rings. The third-order valence-electron chi connectivity index (χ3n) is 7.97. The molecular formula is C30H32BrN5O7. The van der Waals surface area contributed by atoms with Crippen molar-refractivity contribution in [3.63, 3.8) is 0 Å². The molecule has 1 unspecified atom stereocenters. The number of benzene rings is 2. The van der Waals surface area contributed by atoms with Crippen molar-refractivity contribution in [2.75, 3.05) is 20.4 Å². The fourth-order valence-electron chi connectivity index (χ4n) is 5.73. The van der Waals surface area contributed by atoms with Gasteiger partial charge in [0.25, 0.3) is 0 Å². The number of hydrogen-bond donors (Lipinski definition) is 2. The SMILES string of the molecule is COC(=O)NC(C(=O)N1C[C@H](OC(=O)N2Cc3ccc4c(c3C2)OCO4)C[C@H]1c1nc(-c2ccc(Br)cc2)c[nH]1)C(C)C. The second-order valence-corrected chi connectivity index (χ2v) is 12.0. The summed E-state index contributed by atoms with van der Waals surface area (Å²) in [6, 6.07) is 10.2. The number of likely N-dealkylation sites (tertiary alicyclic amines) is 1. The van der Waals surface area contributed by atoms with E-state index in [1.807, 2.05) is 50.2 Å². The summed E-state index contributed by atoms with van der Waals surface area (Å²) in [7, 11) is 1.25. The summed E-state index contributed by atoms with van der Waals surface area (Å²) in [6.07, 6.45) is 0.350. The summed E-state index contributed by atoms with van der Waals surface area (Å²) in [6.45, 7) is 4.71. The van der Waals surface area contributed by atoms with Gasteiger partial charge >= 0.3 is 12.2 Å². The van der Waals surface area contributed by atoms with Crippen LogP contribution >= 0.6 is 15.9 Å². The third kappa shape index (κ3) is 5.73. The highest BCUT2D eigenvalue weighted by Crippen LogP contribution is 2.42. The zero-order chi connectivity index (χ0) is 30.2. The minimum Gasteiger partial charge on any atom is -0.454 e. The Hall–Kier alpha value is -4.26. The number of carbonyl (C=O) groups excluding carboxylic acids is 3. The van der Waals surface area contributed by atoms with Crippen molar-refractivity contribution >= 4 is 34.0 Å². The Morgan fingerprint density at radius 2 is 1.91 bits per heavy atom. The molecule has 12 nitrogen and oxygen atoms in total. The van der Waals surface area contributed by atoms with Crippen LogP contribution in [0.25, 0.3) is 11.3 Å². The normalized spacial score (nSPS) is 19.4. The van der Waals surface area contributed by atoms with Gasteiger partial charge in [0.15, 0.2) is 11.5 Å². The fourth-order valence-corrected chi connectivity index (χ4v) is 5.99. The van der Waals surface area contributed by atoms with E-state index in [0.29, 0.717) is 36.8 Å². The number of hydrogen-bond acceptors (Lipinski definition) is 8. The molecule has 43 heavy (non-hydrogen) atoms. The van der Waals surface area contributed by atoms with Crippen molar-refractivity contribution < 1.29 is 33.3 Å². The second kappa shape index (κ2) is 11.8. The van der Waals surface area contributed by atoms with E-state index in [0.717, 1.165) is 26.9 Å². The first-order valence-electron chi connectivity index (χ1n) is 14.0. The van der Waals surface area contributed by atoms with Crippen LogP contribution in [0.1, 0.15) is 43.3 Å². The predicted molar refractivity (Wildman–Crippen MR) is 157 cm³/mol. The van der Waals surface area contributed by atoms with E-state index in [4.69, 9.17) is 23.9 Å². The van der Waals surface area contributed by atoms with E-state index in [1.165, 1.54) is 7.11 Å². The van der Waals surface area contributed by atoms with Crippen molar-refractivity contribution in [1.82, 2.24) is 25.1 Å². The number of alkyl carbamates (subject to hydrolysis) is 1. The Labute approximate surface area is 256 Å². The first kappa shape index (κ1) is 28.8. The number of methoxy groups -OCH3 is 1. The van der Waals surface area contributed by atoms with Crippen LogP contribution in [0.4, 0.5) is 9.59 Å². The molecule has 1 aromatic heterocycles. The van der Waals surface area contributed by atoms with Crippen LogP contribution in [-0.2, 0) is 27.4 Å². The van der Waals surface area contributed by atoms with Gasteiger partial charge in [-0.25, -0.2) is 14.6 Å². The molecule has 2 aromatic carbocycles. The number of carbonyl (C=O) groups is 3. The zero-order valence-corrected chi connectivity index (χ0v) is 25.5. The first-order valence-corrected chi connectivity index (χ1v) is 14.8. The smallest absolute Gasteiger partial charge is 0.410 e. The number of fused-ring (bicyclic) bond motifs is 3. The monoisotopic (exact) mass is 653 g/mol. The highest BCUT2D eigenvalue weighted by molar-refractivity contribution is 9.10. The minimum atomic E-state index is -0.845. The zero-order valence-electron chi connectivity index (χ0n) is 24.0. The van der Waals surface area contributed by atoms with Crippen molar-refractivity contribution in [3.8, 4) is 22.8 Å². The molecule has 3 amide bonds. The van der Waals surface area contributed by atoms with Gasteiger partial charge in [0.2, 0.25) is 12.7 Å². The third-order valence-corrected chi connectivity index (χ3v) is 8.49. The first-order chi connectivity index (χ1) is 20.7. The van der Waals surface area contributed by atoms with Gasteiger partial charge in [-0.1, -0.05) is 48.0 Å². The number of imidazole rings is 1. The Morgan fingerprint density at radius 3 is 2.65 bits per heavy atom. The summed E-state index contributed by atoms with van der Waals surface area (Å²) >= 11 is 3.45. The molecule has 4 heterocycles. The van der Waals surface area contributed by atoms with Gasteiger partial charge in [-0.2, -0.15) is 0 Å². The summed E-state index contributed by atoms with van der Waals surface area (Å²) in [4.78, 5) is 50.6. The number of nitrogens with one attached hydrogen (secondary N) is 2. The van der Waals surface area contributed by atoms with Crippen LogP contribution in [0.3, 0.4) is 0 Å². The van der Waals surface area contributed by atoms with Gasteiger partial charge in [0.05, 0.1) is 31.9 Å². The average Bonchev–Trinajstić information content (AvgIpc) is 3.80. The Morgan fingerprint density at radius 1 is 1.12 bits per heavy atom. The maximum atomic E-state index is 13.9. The highest BCUT2D eigenvalue weighted by Gasteiger charge is 2.44. The number of aromatic nitrogens is 2. The maximum Gasteiger partial charge on any atom is 0.410 e. The lowest BCUT2D eigenvalue weighted by Gasteiger charge is -2.29. The molecule has 0 bridgehead atoms. The Kier molecular flexibility index (Phi) is 7.91. The quantitative estimate of drug-likeness (QED) is 0.389. The molecular weight excluding hydrogens is 622 g/mol. The molecule has 3 aromatic rings. The molecule has 226 valence electrons. The van der Waals surface area contributed by atoms with E-state index < -0.39 is 30.4 Å². The van der Waals surface area contributed by atoms with E-state index in [2.05, 4.69) is 26.2 Å². The highest BCUT2D eigenvalue weighted by atomic mass is 79.9. The van der Waals surface area contributed by atoms with Gasteiger partial charge < -0.3 is 34.1 Å². The van der Waals surface area contributed by atoms with E-state index in [1.54, 1.807) is 16.0 Å². The van der Waals surface area contributed by atoms with Gasteiger partial charge in [0, 0.05) is 34.8 Å². The van der Waals surface area contributed by atoms with Crippen LogP contribution in [0.15, 0.2) is 47.1 Å².